The minimum Gasteiger partial charge on any atom is -0.415 e. The summed E-state index contributed by atoms with van der Waals surface area (Å²) in [5.41, 5.74) is 1.62. The summed E-state index contributed by atoms with van der Waals surface area (Å²) in [4.78, 5) is 27.9. The van der Waals surface area contributed by atoms with Crippen molar-refractivity contribution in [3.63, 3.8) is 0 Å². The Balaban J connectivity index is 1.37. The molecule has 38 heavy (non-hydrogen) atoms. The van der Waals surface area contributed by atoms with Crippen molar-refractivity contribution in [2.45, 2.75) is 37.8 Å². The van der Waals surface area contributed by atoms with Crippen molar-refractivity contribution in [1.82, 2.24) is 0 Å². The highest BCUT2D eigenvalue weighted by Gasteiger charge is 2.32. The van der Waals surface area contributed by atoms with E-state index in [0.29, 0.717) is 36.7 Å². The summed E-state index contributed by atoms with van der Waals surface area (Å²) >= 11 is 0.479. The zero-order chi connectivity index (χ0) is 27.3. The van der Waals surface area contributed by atoms with Gasteiger partial charge in [0, 0.05) is 5.92 Å². The first-order chi connectivity index (χ1) is 18.1. The first-order valence-corrected chi connectivity index (χ1v) is 12.5. The van der Waals surface area contributed by atoms with Crippen LogP contribution in [0.2, 0.25) is 0 Å². The highest BCUT2D eigenvalue weighted by molar-refractivity contribution is 8.09. The number of benzene rings is 3. The molecule has 0 aliphatic heterocycles. The number of rotatable bonds is 6. The summed E-state index contributed by atoms with van der Waals surface area (Å²) in [7, 11) is 0. The summed E-state index contributed by atoms with van der Waals surface area (Å²) in [6.45, 7) is 0. The number of anilines is 1. The first kappa shape index (κ1) is 27.5. The smallest absolute Gasteiger partial charge is 0.415 e. The molecule has 0 saturated heterocycles. The molecule has 1 amide bonds. The molecule has 4 rings (SSSR count). The van der Waals surface area contributed by atoms with Crippen LogP contribution in [0.1, 0.15) is 42.7 Å². The summed E-state index contributed by atoms with van der Waals surface area (Å²) in [5, 5.41) is 1.69. The molecular weight excluding hydrogens is 524 g/mol. The van der Waals surface area contributed by atoms with E-state index >= 15 is 0 Å². The van der Waals surface area contributed by atoms with E-state index in [9.17, 15) is 27.2 Å². The van der Waals surface area contributed by atoms with Crippen LogP contribution in [0.4, 0.5) is 28.0 Å². The molecule has 0 heterocycles. The maximum atomic E-state index is 14.2. The molecule has 11 heteroatoms. The van der Waals surface area contributed by atoms with Gasteiger partial charge < -0.3 is 14.3 Å². The Labute approximate surface area is 220 Å². The molecule has 3 aromatic carbocycles. The van der Waals surface area contributed by atoms with Crippen LogP contribution >= 0.6 is 12.0 Å². The average molecular weight is 549 g/mol. The van der Waals surface area contributed by atoms with Crippen LogP contribution in [-0.4, -0.2) is 11.2 Å². The topological polar surface area (TPSA) is 90.7 Å². The second-order valence-electron chi connectivity index (χ2n) is 8.92. The largest absolute Gasteiger partial charge is 0.425 e. The zero-order valence-electron chi connectivity index (χ0n) is 20.0. The molecule has 0 spiro atoms. The summed E-state index contributed by atoms with van der Waals surface area (Å²) in [5.74, 6) is 3.46. The van der Waals surface area contributed by atoms with Crippen molar-refractivity contribution >= 4 is 28.9 Å². The van der Waals surface area contributed by atoms with Gasteiger partial charge in [-0.15, -0.1) is 0 Å². The number of amides is 1. The molecule has 6 nitrogen and oxygen atoms in total. The quantitative estimate of drug-likeness (QED) is 0.189. The second kappa shape index (κ2) is 11.9. The molecule has 0 bridgehead atoms. The Hall–Kier alpha value is -3.57. The third-order valence-electron chi connectivity index (χ3n) is 6.47. The van der Waals surface area contributed by atoms with Gasteiger partial charge in [-0.1, -0.05) is 42.8 Å². The average Bonchev–Trinajstić information content (AvgIpc) is 2.92. The number of hydrogen-bond acceptors (Lipinski definition) is 6. The van der Waals surface area contributed by atoms with Crippen LogP contribution in [0, 0.1) is 11.7 Å². The Morgan fingerprint density at radius 3 is 2.21 bits per heavy atom. The maximum Gasteiger partial charge on any atom is 0.425 e. The molecule has 0 radical (unpaired) electrons. The van der Waals surface area contributed by atoms with Crippen LogP contribution in [0.3, 0.4) is 0 Å². The van der Waals surface area contributed by atoms with Crippen LogP contribution in [0.5, 0.6) is 5.75 Å². The molecule has 0 aromatic heterocycles. The van der Waals surface area contributed by atoms with Gasteiger partial charge in [0.25, 0.3) is 0 Å². The fourth-order valence-corrected chi connectivity index (χ4v) is 4.83. The zero-order valence-corrected chi connectivity index (χ0v) is 20.8. The monoisotopic (exact) mass is 548 g/mol. The number of nitrogens with one attached hydrogen (secondary N) is 1. The highest BCUT2D eigenvalue weighted by Crippen LogP contribution is 2.38. The Morgan fingerprint density at radius 1 is 0.947 bits per heavy atom. The lowest BCUT2D eigenvalue weighted by Crippen LogP contribution is -2.28. The van der Waals surface area contributed by atoms with Crippen LogP contribution in [0.25, 0.3) is 11.1 Å². The minimum absolute atomic E-state index is 0.126. The van der Waals surface area contributed by atoms with Crippen molar-refractivity contribution in [2.24, 2.45) is 11.8 Å². The van der Waals surface area contributed by atoms with Crippen LogP contribution < -0.4 is 15.4 Å². The summed E-state index contributed by atoms with van der Waals surface area (Å²) in [6, 6.07) is 17.2. The van der Waals surface area contributed by atoms with E-state index in [2.05, 4.69) is 10.2 Å². The maximum absolute atomic E-state index is 14.2. The number of carbonyl (C=O) groups excluding carboxylic acids is 2. The van der Waals surface area contributed by atoms with Gasteiger partial charge in [-0.3, -0.25) is 4.79 Å². The van der Waals surface area contributed by atoms with E-state index in [-0.39, 0.29) is 17.5 Å². The van der Waals surface area contributed by atoms with Gasteiger partial charge in [0.2, 0.25) is 5.91 Å². The number of hydrogen-bond donors (Lipinski definition) is 2. The normalized spacial score (nSPS) is 17.5. The van der Waals surface area contributed by atoms with Gasteiger partial charge in [0.15, 0.2) is 12.0 Å². The van der Waals surface area contributed by atoms with Gasteiger partial charge in [-0.25, -0.2) is 9.18 Å². The molecule has 200 valence electrons. The number of alkyl halides is 3. The van der Waals surface area contributed by atoms with Crippen molar-refractivity contribution in [1.29, 1.82) is 0 Å². The molecule has 1 saturated carbocycles. The van der Waals surface area contributed by atoms with Crippen LogP contribution in [0.15, 0.2) is 66.7 Å². The van der Waals surface area contributed by atoms with E-state index in [0.717, 1.165) is 41.7 Å². The van der Waals surface area contributed by atoms with Gasteiger partial charge in [0.05, 0.1) is 11.3 Å². The van der Waals surface area contributed by atoms with E-state index in [1.807, 2.05) is 36.4 Å². The lowest BCUT2D eigenvalue weighted by Gasteiger charge is -2.29. The predicted octanol–water partition coefficient (Wildman–Crippen LogP) is 7.46. The first-order valence-electron chi connectivity index (χ1n) is 11.8. The second-order valence-corrected chi connectivity index (χ2v) is 9.59. The lowest BCUT2D eigenvalue weighted by molar-refractivity contribution is -0.137. The molecule has 3 N–H and O–H groups in total. The Bertz CT molecular complexity index is 1280. The van der Waals surface area contributed by atoms with Crippen molar-refractivity contribution in [3.8, 4) is 16.9 Å². The number of carbonyl (C=O) groups is 2. The highest BCUT2D eigenvalue weighted by atomic mass is 32.2. The number of nitrogens with two attached hydrogens (primary N) is 1. The lowest BCUT2D eigenvalue weighted by atomic mass is 9.77. The van der Waals surface area contributed by atoms with E-state index in [1.54, 1.807) is 12.1 Å². The van der Waals surface area contributed by atoms with Gasteiger partial charge in [0.1, 0.15) is 11.6 Å². The minimum atomic E-state index is -4.66. The van der Waals surface area contributed by atoms with Crippen molar-refractivity contribution < 1.29 is 36.2 Å². The SMILES string of the molecule is NOC(=O)SOc1ccc(-c2ccc(C3CCCC(C(=O)Nc4ccc(C(F)(F)F)cc4F)C3)cc2)cc1. The van der Waals surface area contributed by atoms with Crippen molar-refractivity contribution in [2.75, 3.05) is 5.32 Å². The molecule has 1 fully saturated rings. The molecule has 3 aromatic rings. The third kappa shape index (κ3) is 6.84. The van der Waals surface area contributed by atoms with E-state index in [1.165, 1.54) is 0 Å². The summed E-state index contributed by atoms with van der Waals surface area (Å²) in [6.07, 6.45) is -1.78. The summed E-state index contributed by atoms with van der Waals surface area (Å²) < 4.78 is 57.7. The molecule has 1 aliphatic rings. The van der Waals surface area contributed by atoms with Gasteiger partial charge in [-0.05, 0) is 72.2 Å². The van der Waals surface area contributed by atoms with Crippen molar-refractivity contribution in [3.05, 3.63) is 83.7 Å². The van der Waals surface area contributed by atoms with Gasteiger partial charge >= 0.3 is 11.5 Å². The van der Waals surface area contributed by atoms with Crippen LogP contribution in [-0.2, 0) is 15.8 Å². The third-order valence-corrected chi connectivity index (χ3v) is 6.98. The predicted molar refractivity (Wildman–Crippen MR) is 135 cm³/mol. The molecular formula is C27H24F4N2O4S. The molecule has 2 unspecified atom stereocenters. The fraction of sp³-hybridized carbons (Fsp3) is 0.259. The molecule has 2 atom stereocenters. The van der Waals surface area contributed by atoms with E-state index in [4.69, 9.17) is 10.1 Å². The Kier molecular flexibility index (Phi) is 8.58. The number of halogens is 4. The van der Waals surface area contributed by atoms with E-state index < -0.39 is 28.8 Å². The van der Waals surface area contributed by atoms with Gasteiger partial charge in [-0.2, -0.15) is 19.1 Å². The molecule has 1 aliphatic carbocycles. The fourth-order valence-electron chi connectivity index (χ4n) is 4.51. The Morgan fingerprint density at radius 2 is 1.61 bits per heavy atom. The standard InChI is InChI=1S/C27H24F4N2O4S/c28-23-15-21(27(29,30)31)10-13-24(23)33-25(34)20-3-1-2-19(14-20)18-6-4-16(5-7-18)17-8-11-22(12-9-17)37-38-26(35)36-32/h4-13,15,19-20H,1-3,14,32H2,(H,33,34).